The van der Waals surface area contributed by atoms with E-state index in [0.29, 0.717) is 0 Å². The molecule has 0 saturated carbocycles. The average molecular weight is 228 g/mol. The maximum absolute atomic E-state index is 6.18. The number of hydrogen-bond acceptors (Lipinski definition) is 4. The second-order valence-electron chi connectivity index (χ2n) is 4.83. The van der Waals surface area contributed by atoms with E-state index in [0.717, 1.165) is 36.1 Å². The SMILES string of the molecule is CCC1(N)CN(c2nncc3ccccc23)C1. The van der Waals surface area contributed by atoms with E-state index in [1.165, 1.54) is 0 Å². The minimum Gasteiger partial charge on any atom is -0.351 e. The Morgan fingerprint density at radius 2 is 2.12 bits per heavy atom. The van der Waals surface area contributed by atoms with Gasteiger partial charge in [-0.15, -0.1) is 5.10 Å². The highest BCUT2D eigenvalue weighted by Gasteiger charge is 2.39. The molecule has 1 aliphatic rings. The Morgan fingerprint density at radius 3 is 2.88 bits per heavy atom. The number of aromatic nitrogens is 2. The van der Waals surface area contributed by atoms with E-state index in [-0.39, 0.29) is 5.54 Å². The predicted octanol–water partition coefficient (Wildman–Crippen LogP) is 1.56. The Labute approximate surface area is 100 Å². The molecule has 2 N–H and O–H groups in total. The van der Waals surface area contributed by atoms with Crippen LogP contribution < -0.4 is 10.6 Å². The summed E-state index contributed by atoms with van der Waals surface area (Å²) >= 11 is 0. The third-order valence-corrected chi connectivity index (χ3v) is 3.57. The Morgan fingerprint density at radius 1 is 1.35 bits per heavy atom. The summed E-state index contributed by atoms with van der Waals surface area (Å²) in [5, 5.41) is 10.6. The Bertz CT molecular complexity index is 541. The minimum absolute atomic E-state index is 0.0430. The van der Waals surface area contributed by atoms with Gasteiger partial charge in [0.2, 0.25) is 0 Å². The summed E-state index contributed by atoms with van der Waals surface area (Å²) in [5.41, 5.74) is 6.14. The minimum atomic E-state index is -0.0430. The van der Waals surface area contributed by atoms with Crippen molar-refractivity contribution in [3.8, 4) is 0 Å². The van der Waals surface area contributed by atoms with Crippen LogP contribution in [0.15, 0.2) is 30.5 Å². The lowest BCUT2D eigenvalue weighted by Crippen LogP contribution is -2.67. The monoisotopic (exact) mass is 228 g/mol. The Hall–Kier alpha value is -1.68. The lowest BCUT2D eigenvalue weighted by Gasteiger charge is -2.48. The van der Waals surface area contributed by atoms with Crippen molar-refractivity contribution in [1.82, 2.24) is 10.2 Å². The zero-order valence-electron chi connectivity index (χ0n) is 9.93. The summed E-state index contributed by atoms with van der Waals surface area (Å²) < 4.78 is 0. The average Bonchev–Trinajstić information content (AvgIpc) is 2.34. The highest BCUT2D eigenvalue weighted by Crippen LogP contribution is 2.31. The van der Waals surface area contributed by atoms with Crippen molar-refractivity contribution in [1.29, 1.82) is 0 Å². The zero-order valence-corrected chi connectivity index (χ0v) is 9.93. The van der Waals surface area contributed by atoms with Gasteiger partial charge >= 0.3 is 0 Å². The van der Waals surface area contributed by atoms with Crippen molar-refractivity contribution in [2.75, 3.05) is 18.0 Å². The number of hydrogen-bond donors (Lipinski definition) is 1. The van der Waals surface area contributed by atoms with Crippen LogP contribution in [0.3, 0.4) is 0 Å². The maximum atomic E-state index is 6.18. The van der Waals surface area contributed by atoms with Gasteiger partial charge < -0.3 is 10.6 Å². The van der Waals surface area contributed by atoms with Crippen molar-refractivity contribution >= 4 is 16.6 Å². The molecule has 0 spiro atoms. The van der Waals surface area contributed by atoms with Crippen LogP contribution in [0, 0.1) is 0 Å². The number of nitrogens with zero attached hydrogens (tertiary/aromatic N) is 3. The number of benzene rings is 1. The molecule has 1 aromatic carbocycles. The van der Waals surface area contributed by atoms with Crippen LogP contribution in [0.2, 0.25) is 0 Å². The van der Waals surface area contributed by atoms with Gasteiger partial charge in [0.05, 0.1) is 11.7 Å². The first kappa shape index (κ1) is 10.5. The van der Waals surface area contributed by atoms with E-state index in [2.05, 4.69) is 34.2 Å². The standard InChI is InChI=1S/C13H16N4/c1-2-13(14)8-17(9-13)12-11-6-4-3-5-10(11)7-15-16-12/h3-7H,2,8-9,14H2,1H3. The normalized spacial score (nSPS) is 18.1. The smallest absolute Gasteiger partial charge is 0.159 e. The molecule has 88 valence electrons. The molecule has 1 aliphatic heterocycles. The molecule has 0 unspecified atom stereocenters. The molecule has 17 heavy (non-hydrogen) atoms. The fourth-order valence-electron chi connectivity index (χ4n) is 2.33. The van der Waals surface area contributed by atoms with E-state index in [9.17, 15) is 0 Å². The van der Waals surface area contributed by atoms with Crippen LogP contribution in [-0.2, 0) is 0 Å². The van der Waals surface area contributed by atoms with Gasteiger partial charge in [-0.2, -0.15) is 5.10 Å². The van der Waals surface area contributed by atoms with Gasteiger partial charge in [-0.3, -0.25) is 0 Å². The van der Waals surface area contributed by atoms with Crippen molar-refractivity contribution < 1.29 is 0 Å². The topological polar surface area (TPSA) is 55.0 Å². The first-order chi connectivity index (χ1) is 8.22. The van der Waals surface area contributed by atoms with Gasteiger partial charge in [0, 0.05) is 23.9 Å². The zero-order chi connectivity index (χ0) is 11.9. The first-order valence-corrected chi connectivity index (χ1v) is 5.96. The summed E-state index contributed by atoms with van der Waals surface area (Å²) in [5.74, 6) is 0.956. The highest BCUT2D eigenvalue weighted by molar-refractivity contribution is 5.91. The molecule has 1 aromatic heterocycles. The molecule has 4 nitrogen and oxygen atoms in total. The molecule has 3 rings (SSSR count). The van der Waals surface area contributed by atoms with Crippen molar-refractivity contribution in [2.45, 2.75) is 18.9 Å². The summed E-state index contributed by atoms with van der Waals surface area (Å²) in [7, 11) is 0. The molecule has 4 heteroatoms. The molecule has 1 saturated heterocycles. The first-order valence-electron chi connectivity index (χ1n) is 5.96. The van der Waals surface area contributed by atoms with Crippen LogP contribution >= 0.6 is 0 Å². The fourth-order valence-corrected chi connectivity index (χ4v) is 2.33. The lowest BCUT2D eigenvalue weighted by atomic mass is 9.88. The van der Waals surface area contributed by atoms with Gasteiger partial charge in [-0.1, -0.05) is 31.2 Å². The molecule has 2 heterocycles. The highest BCUT2D eigenvalue weighted by atomic mass is 15.3. The van der Waals surface area contributed by atoms with Crippen molar-refractivity contribution in [3.63, 3.8) is 0 Å². The summed E-state index contributed by atoms with van der Waals surface area (Å²) in [6.45, 7) is 3.87. The predicted molar refractivity (Wildman–Crippen MR) is 69.0 cm³/mol. The second kappa shape index (κ2) is 3.67. The van der Waals surface area contributed by atoms with Crippen molar-refractivity contribution in [2.24, 2.45) is 5.73 Å². The maximum Gasteiger partial charge on any atom is 0.159 e. The van der Waals surface area contributed by atoms with E-state index in [1.54, 1.807) is 6.20 Å². The Kier molecular flexibility index (Phi) is 2.26. The summed E-state index contributed by atoms with van der Waals surface area (Å²) in [6, 6.07) is 8.19. The molecule has 1 fully saturated rings. The summed E-state index contributed by atoms with van der Waals surface area (Å²) in [4.78, 5) is 2.21. The third kappa shape index (κ3) is 1.65. The van der Waals surface area contributed by atoms with E-state index < -0.39 is 0 Å². The molecular formula is C13H16N4. The van der Waals surface area contributed by atoms with Gasteiger partial charge in [0.1, 0.15) is 0 Å². The van der Waals surface area contributed by atoms with Gasteiger partial charge in [0.25, 0.3) is 0 Å². The van der Waals surface area contributed by atoms with E-state index in [4.69, 9.17) is 5.73 Å². The molecule has 0 atom stereocenters. The Balaban J connectivity index is 1.97. The second-order valence-corrected chi connectivity index (χ2v) is 4.83. The van der Waals surface area contributed by atoms with Gasteiger partial charge in [0.15, 0.2) is 5.82 Å². The quantitative estimate of drug-likeness (QED) is 0.847. The molecular weight excluding hydrogens is 212 g/mol. The molecule has 0 bridgehead atoms. The van der Waals surface area contributed by atoms with Gasteiger partial charge in [-0.05, 0) is 6.42 Å². The number of rotatable bonds is 2. The molecule has 2 aromatic rings. The van der Waals surface area contributed by atoms with E-state index >= 15 is 0 Å². The third-order valence-electron chi connectivity index (χ3n) is 3.57. The van der Waals surface area contributed by atoms with Crippen LogP contribution in [0.25, 0.3) is 10.8 Å². The largest absolute Gasteiger partial charge is 0.351 e. The fraction of sp³-hybridized carbons (Fsp3) is 0.385. The van der Waals surface area contributed by atoms with Crippen LogP contribution in [0.4, 0.5) is 5.82 Å². The summed E-state index contributed by atoms with van der Waals surface area (Å²) in [6.07, 6.45) is 2.80. The lowest BCUT2D eigenvalue weighted by molar-refractivity contribution is 0.320. The molecule has 0 radical (unpaired) electrons. The number of nitrogens with two attached hydrogens (primary N) is 1. The number of fused-ring (bicyclic) bond motifs is 1. The van der Waals surface area contributed by atoms with Crippen LogP contribution in [0.1, 0.15) is 13.3 Å². The van der Waals surface area contributed by atoms with Crippen LogP contribution in [0.5, 0.6) is 0 Å². The van der Waals surface area contributed by atoms with Crippen molar-refractivity contribution in [3.05, 3.63) is 30.5 Å². The van der Waals surface area contributed by atoms with Crippen LogP contribution in [-0.4, -0.2) is 28.8 Å². The van der Waals surface area contributed by atoms with Gasteiger partial charge in [-0.25, -0.2) is 0 Å². The number of anilines is 1. The van der Waals surface area contributed by atoms with E-state index in [1.807, 2.05) is 12.1 Å². The molecule has 0 amide bonds. The molecule has 0 aliphatic carbocycles.